The highest BCUT2D eigenvalue weighted by atomic mass is 32.2. The zero-order valence-electron chi connectivity index (χ0n) is 13.8. The van der Waals surface area contributed by atoms with Gasteiger partial charge in [0.1, 0.15) is 0 Å². The van der Waals surface area contributed by atoms with Gasteiger partial charge in [0.05, 0.1) is 4.90 Å². The Kier molecular flexibility index (Phi) is 3.98. The molecule has 0 radical (unpaired) electrons. The molecule has 3 fully saturated rings. The van der Waals surface area contributed by atoms with Crippen molar-refractivity contribution in [1.29, 1.82) is 0 Å². The van der Waals surface area contributed by atoms with Crippen LogP contribution in [0, 0.1) is 18.8 Å². The van der Waals surface area contributed by atoms with Crippen LogP contribution in [0.2, 0.25) is 0 Å². The summed E-state index contributed by atoms with van der Waals surface area (Å²) in [5.74, 6) is 1.82. The van der Waals surface area contributed by atoms with Crippen LogP contribution >= 0.6 is 0 Å². The van der Waals surface area contributed by atoms with E-state index in [1.54, 1.807) is 16.4 Å². The topological polar surface area (TPSA) is 40.6 Å². The summed E-state index contributed by atoms with van der Waals surface area (Å²) in [6.07, 6.45) is 5.56. The van der Waals surface area contributed by atoms with Crippen LogP contribution < -0.4 is 0 Å². The summed E-state index contributed by atoms with van der Waals surface area (Å²) < 4.78 is 27.2. The first-order valence-electron chi connectivity index (χ1n) is 8.85. The van der Waals surface area contributed by atoms with E-state index in [0.717, 1.165) is 36.5 Å². The summed E-state index contributed by atoms with van der Waals surface area (Å²) in [4.78, 5) is 2.99. The third-order valence-corrected chi connectivity index (χ3v) is 8.01. The summed E-state index contributed by atoms with van der Waals surface area (Å²) >= 11 is 0. The molecular formula is C18H26N2O2S. The van der Waals surface area contributed by atoms with E-state index in [0.29, 0.717) is 18.0 Å². The Morgan fingerprint density at radius 3 is 2.22 bits per heavy atom. The van der Waals surface area contributed by atoms with Crippen molar-refractivity contribution in [3.63, 3.8) is 0 Å². The molecule has 0 unspecified atom stereocenters. The second-order valence-electron chi connectivity index (χ2n) is 7.50. The minimum Gasteiger partial charge on any atom is -0.297 e. The molecule has 3 atom stereocenters. The van der Waals surface area contributed by atoms with E-state index >= 15 is 0 Å². The van der Waals surface area contributed by atoms with Gasteiger partial charge in [-0.05, 0) is 50.2 Å². The highest BCUT2D eigenvalue weighted by Gasteiger charge is 2.43. The minimum absolute atomic E-state index is 0.427. The molecule has 4 nitrogen and oxygen atoms in total. The van der Waals surface area contributed by atoms with Crippen molar-refractivity contribution in [2.45, 2.75) is 43.5 Å². The van der Waals surface area contributed by atoms with Gasteiger partial charge in [-0.2, -0.15) is 4.31 Å². The lowest BCUT2D eigenvalue weighted by Gasteiger charge is -2.40. The van der Waals surface area contributed by atoms with Gasteiger partial charge in [0.15, 0.2) is 0 Å². The summed E-state index contributed by atoms with van der Waals surface area (Å²) in [6.45, 7) is 5.01. The van der Waals surface area contributed by atoms with Crippen molar-refractivity contribution in [2.75, 3.05) is 26.2 Å². The third kappa shape index (κ3) is 2.83. The zero-order chi connectivity index (χ0) is 16.0. The third-order valence-electron chi connectivity index (χ3n) is 6.10. The van der Waals surface area contributed by atoms with Gasteiger partial charge in [-0.25, -0.2) is 8.42 Å². The fraction of sp³-hybridized carbons (Fsp3) is 0.667. The molecule has 1 heterocycles. The van der Waals surface area contributed by atoms with E-state index in [4.69, 9.17) is 0 Å². The van der Waals surface area contributed by atoms with Gasteiger partial charge in [-0.3, -0.25) is 4.90 Å². The Morgan fingerprint density at radius 2 is 1.65 bits per heavy atom. The largest absolute Gasteiger partial charge is 0.297 e. The number of sulfonamides is 1. The smallest absolute Gasteiger partial charge is 0.243 e. The number of nitrogens with zero attached hydrogens (tertiary/aromatic N) is 2. The van der Waals surface area contributed by atoms with Crippen LogP contribution in [0.4, 0.5) is 0 Å². The van der Waals surface area contributed by atoms with Crippen molar-refractivity contribution < 1.29 is 8.42 Å². The maximum atomic E-state index is 12.8. The molecule has 0 spiro atoms. The van der Waals surface area contributed by atoms with E-state index in [1.165, 1.54) is 25.7 Å². The molecular weight excluding hydrogens is 308 g/mol. The lowest BCUT2D eigenvalue weighted by molar-refractivity contribution is 0.101. The van der Waals surface area contributed by atoms with Crippen LogP contribution in [0.5, 0.6) is 0 Å². The number of hydrogen-bond acceptors (Lipinski definition) is 3. The average Bonchev–Trinajstić information content (AvgIpc) is 3.18. The van der Waals surface area contributed by atoms with Crippen LogP contribution in [-0.2, 0) is 10.0 Å². The highest BCUT2D eigenvalue weighted by molar-refractivity contribution is 7.89. The first kappa shape index (κ1) is 15.6. The fourth-order valence-electron chi connectivity index (χ4n) is 4.79. The predicted molar refractivity (Wildman–Crippen MR) is 90.7 cm³/mol. The van der Waals surface area contributed by atoms with E-state index in [-0.39, 0.29) is 0 Å². The van der Waals surface area contributed by atoms with Gasteiger partial charge in [0, 0.05) is 32.2 Å². The van der Waals surface area contributed by atoms with Crippen LogP contribution in [0.1, 0.15) is 31.2 Å². The number of benzene rings is 1. The quantitative estimate of drug-likeness (QED) is 0.853. The second-order valence-corrected chi connectivity index (χ2v) is 9.43. The lowest BCUT2D eigenvalue weighted by atomic mass is 9.93. The number of aryl methyl sites for hydroxylation is 1. The molecule has 2 bridgehead atoms. The number of rotatable bonds is 3. The van der Waals surface area contributed by atoms with E-state index in [1.807, 2.05) is 19.1 Å². The van der Waals surface area contributed by atoms with Gasteiger partial charge < -0.3 is 0 Å². The average molecular weight is 334 g/mol. The van der Waals surface area contributed by atoms with Crippen molar-refractivity contribution in [2.24, 2.45) is 11.8 Å². The summed E-state index contributed by atoms with van der Waals surface area (Å²) in [6, 6.07) is 7.93. The Hall–Kier alpha value is -0.910. The highest BCUT2D eigenvalue weighted by Crippen LogP contribution is 2.46. The Labute approximate surface area is 139 Å². The van der Waals surface area contributed by atoms with Crippen molar-refractivity contribution in [1.82, 2.24) is 9.21 Å². The van der Waals surface area contributed by atoms with E-state index in [2.05, 4.69) is 4.90 Å². The van der Waals surface area contributed by atoms with Crippen LogP contribution in [-0.4, -0.2) is 49.8 Å². The van der Waals surface area contributed by atoms with E-state index < -0.39 is 10.0 Å². The molecule has 0 amide bonds. The van der Waals surface area contributed by atoms with Gasteiger partial charge >= 0.3 is 0 Å². The molecule has 23 heavy (non-hydrogen) atoms. The molecule has 0 N–H and O–H groups in total. The van der Waals surface area contributed by atoms with Crippen molar-refractivity contribution in [3.8, 4) is 0 Å². The number of piperazine rings is 1. The molecule has 1 aliphatic heterocycles. The van der Waals surface area contributed by atoms with Gasteiger partial charge in [-0.15, -0.1) is 0 Å². The first-order valence-corrected chi connectivity index (χ1v) is 10.3. The molecule has 1 saturated heterocycles. The van der Waals surface area contributed by atoms with Gasteiger partial charge in [0.2, 0.25) is 10.0 Å². The maximum Gasteiger partial charge on any atom is 0.243 e. The second kappa shape index (κ2) is 5.87. The van der Waals surface area contributed by atoms with Gasteiger partial charge in [-0.1, -0.05) is 24.1 Å². The molecule has 0 aromatic heterocycles. The SMILES string of the molecule is Cc1ccc(S(=O)(=O)N2CCN([C@@H]3C[C@@H]4CC[C@@H]3C4)CC2)cc1. The summed E-state index contributed by atoms with van der Waals surface area (Å²) in [5, 5.41) is 0. The molecule has 3 aliphatic rings. The van der Waals surface area contributed by atoms with Crippen molar-refractivity contribution in [3.05, 3.63) is 29.8 Å². The standard InChI is InChI=1S/C18H26N2O2S/c1-14-2-6-17(7-3-14)23(21,22)20-10-8-19(9-11-20)18-13-15-4-5-16(18)12-15/h2-3,6-7,15-16,18H,4-5,8-13H2,1H3/t15-,16-,18-/m1/s1. The normalized spacial score (nSPS) is 32.5. The predicted octanol–water partition coefficient (Wildman–Crippen LogP) is 2.49. The fourth-order valence-corrected chi connectivity index (χ4v) is 6.22. The molecule has 1 aromatic carbocycles. The summed E-state index contributed by atoms with van der Waals surface area (Å²) in [5.41, 5.74) is 1.09. The first-order chi connectivity index (χ1) is 11.0. The molecule has 126 valence electrons. The zero-order valence-corrected chi connectivity index (χ0v) is 14.6. The van der Waals surface area contributed by atoms with Crippen LogP contribution in [0.3, 0.4) is 0 Å². The van der Waals surface area contributed by atoms with Crippen molar-refractivity contribution >= 4 is 10.0 Å². The number of hydrogen-bond donors (Lipinski definition) is 0. The summed E-state index contributed by atoms with van der Waals surface area (Å²) in [7, 11) is -3.33. The molecule has 4 rings (SSSR count). The Bertz CT molecular complexity index is 663. The molecule has 2 saturated carbocycles. The molecule has 1 aromatic rings. The molecule has 5 heteroatoms. The lowest BCUT2D eigenvalue weighted by Crippen LogP contribution is -2.53. The van der Waals surface area contributed by atoms with Crippen LogP contribution in [0.25, 0.3) is 0 Å². The number of fused-ring (bicyclic) bond motifs is 2. The monoisotopic (exact) mass is 334 g/mol. The maximum absolute atomic E-state index is 12.8. The minimum atomic E-state index is -3.33. The Balaban J connectivity index is 1.42. The molecule has 2 aliphatic carbocycles. The van der Waals surface area contributed by atoms with Crippen LogP contribution in [0.15, 0.2) is 29.2 Å². The van der Waals surface area contributed by atoms with E-state index in [9.17, 15) is 8.42 Å². The Morgan fingerprint density at radius 1 is 0.957 bits per heavy atom. The van der Waals surface area contributed by atoms with Gasteiger partial charge in [0.25, 0.3) is 0 Å².